The maximum absolute atomic E-state index is 4.47. The zero-order valence-corrected chi connectivity index (χ0v) is 10.5. The second kappa shape index (κ2) is 4.89. The molecule has 0 spiro atoms. The Kier molecular flexibility index (Phi) is 2.94. The quantitative estimate of drug-likeness (QED) is 0.574. The van der Waals surface area contributed by atoms with Gasteiger partial charge in [-0.15, -0.1) is 0 Å². The van der Waals surface area contributed by atoms with E-state index in [1.165, 1.54) is 0 Å². The first kappa shape index (κ1) is 11.4. The van der Waals surface area contributed by atoms with E-state index >= 15 is 0 Å². The van der Waals surface area contributed by atoms with Crippen molar-refractivity contribution >= 4 is 23.2 Å². The van der Waals surface area contributed by atoms with Crippen LogP contribution in [-0.2, 0) is 7.05 Å². The van der Waals surface area contributed by atoms with Crippen molar-refractivity contribution < 1.29 is 0 Å². The summed E-state index contributed by atoms with van der Waals surface area (Å²) in [5.74, 6) is 0.714. The number of benzene rings is 1. The molecule has 94 valence electrons. The van der Waals surface area contributed by atoms with Crippen LogP contribution in [0.3, 0.4) is 0 Å². The lowest BCUT2D eigenvalue weighted by Crippen LogP contribution is -1.98. The second-order valence-corrected chi connectivity index (χ2v) is 4.13. The maximum atomic E-state index is 4.47. The molecule has 5 heteroatoms. The van der Waals surface area contributed by atoms with Crippen LogP contribution in [-0.4, -0.2) is 20.7 Å². The summed E-state index contributed by atoms with van der Waals surface area (Å²) >= 11 is 0. The average Bonchev–Trinajstić information content (AvgIpc) is 2.78. The fraction of sp³-hybridized carbons (Fsp3) is 0.0714. The Hall–Kier alpha value is -2.69. The monoisotopic (exact) mass is 251 g/mol. The molecule has 2 heterocycles. The van der Waals surface area contributed by atoms with Crippen LogP contribution in [0.5, 0.6) is 0 Å². The van der Waals surface area contributed by atoms with Crippen LogP contribution in [0.15, 0.2) is 53.9 Å². The number of aryl methyl sites for hydroxylation is 1. The van der Waals surface area contributed by atoms with E-state index in [0.29, 0.717) is 5.95 Å². The number of pyridine rings is 1. The predicted octanol–water partition coefficient (Wildman–Crippen LogP) is 2.41. The van der Waals surface area contributed by atoms with Gasteiger partial charge in [-0.2, -0.15) is 5.10 Å². The van der Waals surface area contributed by atoms with E-state index in [9.17, 15) is 0 Å². The highest BCUT2D eigenvalue weighted by atomic mass is 15.4. The van der Waals surface area contributed by atoms with Gasteiger partial charge in [-0.1, -0.05) is 12.1 Å². The molecule has 0 atom stereocenters. The number of rotatable bonds is 3. The topological polar surface area (TPSA) is 55.1 Å². The molecule has 0 amide bonds. The highest BCUT2D eigenvalue weighted by Crippen LogP contribution is 2.17. The van der Waals surface area contributed by atoms with E-state index in [2.05, 4.69) is 20.5 Å². The highest BCUT2D eigenvalue weighted by molar-refractivity contribution is 5.81. The lowest BCUT2D eigenvalue weighted by Gasteiger charge is -2.00. The number of hydrazone groups is 1. The van der Waals surface area contributed by atoms with E-state index < -0.39 is 0 Å². The molecule has 0 aliphatic carbocycles. The lowest BCUT2D eigenvalue weighted by atomic mass is 10.3. The van der Waals surface area contributed by atoms with Crippen LogP contribution < -0.4 is 5.43 Å². The average molecular weight is 251 g/mol. The number of nitrogens with one attached hydrogen (secondary N) is 1. The number of para-hydroxylation sites is 2. The molecule has 19 heavy (non-hydrogen) atoms. The first-order valence-electron chi connectivity index (χ1n) is 5.95. The van der Waals surface area contributed by atoms with Crippen molar-refractivity contribution in [2.75, 3.05) is 5.43 Å². The van der Waals surface area contributed by atoms with Gasteiger partial charge in [-0.05, 0) is 29.8 Å². The molecule has 0 saturated heterocycles. The Labute approximate surface area is 110 Å². The Bertz CT molecular complexity index is 715. The van der Waals surface area contributed by atoms with Crippen molar-refractivity contribution in [1.82, 2.24) is 14.5 Å². The summed E-state index contributed by atoms with van der Waals surface area (Å²) in [6.45, 7) is 0. The molecule has 0 radical (unpaired) electrons. The Morgan fingerprint density at radius 1 is 1.16 bits per heavy atom. The standard InChI is InChI=1S/C14H13N5/c1-19-13-5-3-2-4-12(13)17-14(19)18-16-10-11-6-8-15-9-7-11/h2-10H,1H3,(H,17,18). The number of hydrogen-bond acceptors (Lipinski definition) is 4. The SMILES string of the molecule is Cn1c(NN=Cc2ccncc2)nc2ccccc21. The third kappa shape index (κ3) is 2.30. The second-order valence-electron chi connectivity index (χ2n) is 4.13. The first-order chi connectivity index (χ1) is 9.34. The fourth-order valence-electron chi connectivity index (χ4n) is 1.86. The predicted molar refractivity (Wildman–Crippen MR) is 76.2 cm³/mol. The van der Waals surface area contributed by atoms with Crippen molar-refractivity contribution in [2.24, 2.45) is 12.1 Å². The number of fused-ring (bicyclic) bond motifs is 1. The Morgan fingerprint density at radius 2 is 1.95 bits per heavy atom. The van der Waals surface area contributed by atoms with E-state index in [-0.39, 0.29) is 0 Å². The van der Waals surface area contributed by atoms with Gasteiger partial charge in [0.2, 0.25) is 5.95 Å². The van der Waals surface area contributed by atoms with E-state index in [1.54, 1.807) is 18.6 Å². The zero-order chi connectivity index (χ0) is 13.1. The smallest absolute Gasteiger partial charge is 0.224 e. The first-order valence-corrected chi connectivity index (χ1v) is 5.95. The molecule has 2 aromatic heterocycles. The molecule has 3 rings (SSSR count). The molecule has 3 aromatic rings. The van der Waals surface area contributed by atoms with Crippen LogP contribution in [0.1, 0.15) is 5.56 Å². The van der Waals surface area contributed by atoms with E-state index in [0.717, 1.165) is 16.6 Å². The third-order valence-electron chi connectivity index (χ3n) is 2.87. The number of imidazole rings is 1. The van der Waals surface area contributed by atoms with E-state index in [1.807, 2.05) is 48.0 Å². The van der Waals surface area contributed by atoms with Crippen LogP contribution in [0.25, 0.3) is 11.0 Å². The van der Waals surface area contributed by atoms with Crippen molar-refractivity contribution in [3.05, 3.63) is 54.4 Å². The third-order valence-corrected chi connectivity index (χ3v) is 2.87. The molecule has 0 bridgehead atoms. The van der Waals surface area contributed by atoms with E-state index in [4.69, 9.17) is 0 Å². The molecule has 0 aliphatic heterocycles. The molecule has 0 saturated carbocycles. The largest absolute Gasteiger partial charge is 0.312 e. The zero-order valence-electron chi connectivity index (χ0n) is 10.5. The van der Waals surface area contributed by atoms with Gasteiger partial charge in [0.25, 0.3) is 0 Å². The normalized spacial score (nSPS) is 11.2. The minimum atomic E-state index is 0.714. The highest BCUT2D eigenvalue weighted by Gasteiger charge is 2.04. The molecule has 5 nitrogen and oxygen atoms in total. The van der Waals surface area contributed by atoms with Crippen molar-refractivity contribution in [3.8, 4) is 0 Å². The van der Waals surface area contributed by atoms with Gasteiger partial charge >= 0.3 is 0 Å². The molecule has 1 aromatic carbocycles. The lowest BCUT2D eigenvalue weighted by molar-refractivity contribution is 0.943. The summed E-state index contributed by atoms with van der Waals surface area (Å²) in [5, 5.41) is 4.18. The molecule has 0 fully saturated rings. The summed E-state index contributed by atoms with van der Waals surface area (Å²) in [6.07, 6.45) is 5.20. The van der Waals surface area contributed by atoms with Gasteiger partial charge in [0.1, 0.15) is 0 Å². The number of nitrogens with zero attached hydrogens (tertiary/aromatic N) is 4. The minimum Gasteiger partial charge on any atom is -0.312 e. The van der Waals surface area contributed by atoms with Gasteiger partial charge in [0, 0.05) is 19.4 Å². The Morgan fingerprint density at radius 3 is 2.74 bits per heavy atom. The summed E-state index contributed by atoms with van der Waals surface area (Å²) in [5.41, 5.74) is 5.96. The molecule has 0 unspecified atom stereocenters. The van der Waals surface area contributed by atoms with Gasteiger partial charge < -0.3 is 4.57 Å². The molecular formula is C14H13N5. The summed E-state index contributed by atoms with van der Waals surface area (Å²) < 4.78 is 1.97. The van der Waals surface area contributed by atoms with Crippen LogP contribution in [0.4, 0.5) is 5.95 Å². The summed E-state index contributed by atoms with van der Waals surface area (Å²) in [6, 6.07) is 11.8. The maximum Gasteiger partial charge on any atom is 0.224 e. The summed E-state index contributed by atoms with van der Waals surface area (Å²) in [4.78, 5) is 8.43. The van der Waals surface area contributed by atoms with Crippen LogP contribution in [0, 0.1) is 0 Å². The van der Waals surface area contributed by atoms with Crippen molar-refractivity contribution in [1.29, 1.82) is 0 Å². The molecular weight excluding hydrogens is 238 g/mol. The molecule has 1 N–H and O–H groups in total. The van der Waals surface area contributed by atoms with Gasteiger partial charge in [0.05, 0.1) is 17.2 Å². The minimum absolute atomic E-state index is 0.714. The summed E-state index contributed by atoms with van der Waals surface area (Å²) in [7, 11) is 1.96. The van der Waals surface area contributed by atoms with Gasteiger partial charge in [-0.25, -0.2) is 10.4 Å². The number of anilines is 1. The van der Waals surface area contributed by atoms with Crippen molar-refractivity contribution in [2.45, 2.75) is 0 Å². The fourth-order valence-corrected chi connectivity index (χ4v) is 1.86. The van der Waals surface area contributed by atoms with Gasteiger partial charge in [0.15, 0.2) is 0 Å². The number of hydrogen-bond donors (Lipinski definition) is 1. The van der Waals surface area contributed by atoms with Crippen molar-refractivity contribution in [3.63, 3.8) is 0 Å². The van der Waals surface area contributed by atoms with Crippen LogP contribution in [0.2, 0.25) is 0 Å². The number of aromatic nitrogens is 3. The van der Waals surface area contributed by atoms with Crippen LogP contribution >= 0.6 is 0 Å². The van der Waals surface area contributed by atoms with Gasteiger partial charge in [-0.3, -0.25) is 4.98 Å². The molecule has 0 aliphatic rings. The Balaban J connectivity index is 1.82.